The van der Waals surface area contributed by atoms with Gasteiger partial charge >= 0.3 is 0 Å². The maximum Gasteiger partial charge on any atom is 0.254 e. The van der Waals surface area contributed by atoms with Gasteiger partial charge < -0.3 is 14.8 Å². The topological polar surface area (TPSA) is 89.6 Å². The lowest BCUT2D eigenvalue weighted by Gasteiger charge is -2.27. The van der Waals surface area contributed by atoms with Crippen LogP contribution in [0, 0.1) is 0 Å². The Balaban J connectivity index is 1.38. The second kappa shape index (κ2) is 10.2. The number of sulfonamides is 1. The molecule has 38 heavy (non-hydrogen) atoms. The number of carbonyl (C=O) groups is 1. The number of carbonyl (C=O) groups excluding carboxylic acids is 1. The number of imidazole rings is 1. The SMILES string of the molecule is O=C(c1cccc2ccccc12)N1CCN(Cc2c[nH]cn2)c2ccc(S(=O)(=O)N3CCCCC3)cc2C1. The van der Waals surface area contributed by atoms with Crippen molar-refractivity contribution in [3.8, 4) is 0 Å². The van der Waals surface area contributed by atoms with Crippen LogP contribution >= 0.6 is 0 Å². The first kappa shape index (κ1) is 24.6. The van der Waals surface area contributed by atoms with Crippen molar-refractivity contribution in [2.24, 2.45) is 0 Å². The minimum absolute atomic E-state index is 0.0568. The zero-order chi connectivity index (χ0) is 26.1. The molecule has 0 atom stereocenters. The fourth-order valence-corrected chi connectivity index (χ4v) is 7.12. The fraction of sp³-hybridized carbons (Fsp3) is 0.310. The maximum absolute atomic E-state index is 13.9. The summed E-state index contributed by atoms with van der Waals surface area (Å²) in [6.07, 6.45) is 6.34. The van der Waals surface area contributed by atoms with Crippen LogP contribution < -0.4 is 4.90 Å². The third kappa shape index (κ3) is 4.68. The normalized spacial score (nSPS) is 16.8. The Morgan fingerprint density at radius 2 is 1.74 bits per heavy atom. The van der Waals surface area contributed by atoms with Crippen molar-refractivity contribution >= 4 is 32.4 Å². The van der Waals surface area contributed by atoms with E-state index in [1.54, 1.807) is 22.8 Å². The molecule has 0 bridgehead atoms. The van der Waals surface area contributed by atoms with Crippen molar-refractivity contribution in [1.82, 2.24) is 19.2 Å². The summed E-state index contributed by atoms with van der Waals surface area (Å²) in [6, 6.07) is 19.1. The Kier molecular flexibility index (Phi) is 6.63. The molecule has 3 heterocycles. The summed E-state index contributed by atoms with van der Waals surface area (Å²) >= 11 is 0. The van der Waals surface area contributed by atoms with Crippen LogP contribution in [0.25, 0.3) is 10.8 Å². The number of aromatic nitrogens is 2. The zero-order valence-electron chi connectivity index (χ0n) is 21.2. The number of hydrogen-bond donors (Lipinski definition) is 1. The van der Waals surface area contributed by atoms with Gasteiger partial charge in [0.1, 0.15) is 0 Å². The molecular formula is C29H31N5O3S. The summed E-state index contributed by atoms with van der Waals surface area (Å²) in [5.74, 6) is -0.0568. The number of rotatable bonds is 5. The lowest BCUT2D eigenvalue weighted by atomic mass is 10.0. The van der Waals surface area contributed by atoms with Crippen molar-refractivity contribution in [2.45, 2.75) is 37.2 Å². The highest BCUT2D eigenvalue weighted by Crippen LogP contribution is 2.32. The van der Waals surface area contributed by atoms with Gasteiger partial charge in [-0.05, 0) is 53.4 Å². The van der Waals surface area contributed by atoms with Gasteiger partial charge in [-0.1, -0.05) is 42.8 Å². The van der Waals surface area contributed by atoms with Gasteiger partial charge in [0.25, 0.3) is 5.91 Å². The van der Waals surface area contributed by atoms with E-state index in [1.807, 2.05) is 59.6 Å². The van der Waals surface area contributed by atoms with Crippen LogP contribution in [-0.4, -0.2) is 59.7 Å². The molecule has 4 aromatic rings. The average Bonchev–Trinajstić information content (AvgIpc) is 3.40. The van der Waals surface area contributed by atoms with Crippen LogP contribution in [-0.2, 0) is 23.1 Å². The summed E-state index contributed by atoms with van der Waals surface area (Å²) in [7, 11) is -3.60. The Hall–Kier alpha value is -3.69. The van der Waals surface area contributed by atoms with E-state index in [-0.39, 0.29) is 10.8 Å². The van der Waals surface area contributed by atoms with Gasteiger partial charge in [0.05, 0.1) is 23.5 Å². The molecule has 1 N–H and O–H groups in total. The van der Waals surface area contributed by atoms with E-state index < -0.39 is 10.0 Å². The van der Waals surface area contributed by atoms with Gasteiger partial charge in [-0.2, -0.15) is 4.31 Å². The number of nitrogens with zero attached hydrogens (tertiary/aromatic N) is 4. The second-order valence-electron chi connectivity index (χ2n) is 9.99. The summed E-state index contributed by atoms with van der Waals surface area (Å²) in [5.41, 5.74) is 3.29. The summed E-state index contributed by atoms with van der Waals surface area (Å²) in [5, 5.41) is 1.93. The maximum atomic E-state index is 13.9. The van der Waals surface area contributed by atoms with Crippen LogP contribution in [0.2, 0.25) is 0 Å². The molecule has 2 aliphatic heterocycles. The van der Waals surface area contributed by atoms with Crippen LogP contribution in [0.5, 0.6) is 0 Å². The molecule has 0 saturated carbocycles. The number of piperidine rings is 1. The van der Waals surface area contributed by atoms with Gasteiger partial charge in [-0.25, -0.2) is 13.4 Å². The average molecular weight is 530 g/mol. The Bertz CT molecular complexity index is 1560. The van der Waals surface area contributed by atoms with E-state index in [0.29, 0.717) is 44.8 Å². The molecule has 0 spiro atoms. The molecule has 8 nitrogen and oxygen atoms in total. The lowest BCUT2D eigenvalue weighted by Crippen LogP contribution is -2.35. The molecule has 196 valence electrons. The van der Waals surface area contributed by atoms with E-state index in [4.69, 9.17) is 0 Å². The molecule has 1 amide bonds. The largest absolute Gasteiger partial charge is 0.364 e. The number of fused-ring (bicyclic) bond motifs is 2. The fourth-order valence-electron chi connectivity index (χ4n) is 5.55. The van der Waals surface area contributed by atoms with Gasteiger partial charge in [0, 0.05) is 50.2 Å². The number of nitrogens with one attached hydrogen (secondary N) is 1. The molecule has 6 rings (SSSR count). The molecule has 1 fully saturated rings. The molecule has 1 aromatic heterocycles. The Morgan fingerprint density at radius 1 is 0.921 bits per heavy atom. The second-order valence-corrected chi connectivity index (χ2v) is 11.9. The van der Waals surface area contributed by atoms with Gasteiger partial charge in [-0.3, -0.25) is 4.79 Å². The number of benzene rings is 3. The first-order valence-corrected chi connectivity index (χ1v) is 14.6. The predicted octanol–water partition coefficient (Wildman–Crippen LogP) is 4.40. The number of amides is 1. The molecule has 2 aliphatic rings. The zero-order valence-corrected chi connectivity index (χ0v) is 22.0. The van der Waals surface area contributed by atoms with Gasteiger partial charge in [0.2, 0.25) is 10.0 Å². The Labute approximate surface area is 222 Å². The summed E-state index contributed by atoms with van der Waals surface area (Å²) < 4.78 is 28.6. The quantitative estimate of drug-likeness (QED) is 0.414. The highest BCUT2D eigenvalue weighted by atomic mass is 32.2. The number of H-pyrrole nitrogens is 1. The van der Waals surface area contributed by atoms with E-state index >= 15 is 0 Å². The van der Waals surface area contributed by atoms with Crippen molar-refractivity contribution < 1.29 is 13.2 Å². The molecule has 1 saturated heterocycles. The van der Waals surface area contributed by atoms with Crippen LogP contribution in [0.15, 0.2) is 78.1 Å². The van der Waals surface area contributed by atoms with E-state index in [1.165, 1.54) is 0 Å². The molecular weight excluding hydrogens is 498 g/mol. The lowest BCUT2D eigenvalue weighted by molar-refractivity contribution is 0.0753. The number of aromatic amines is 1. The number of hydrogen-bond acceptors (Lipinski definition) is 5. The number of anilines is 1. The van der Waals surface area contributed by atoms with Crippen molar-refractivity contribution in [3.63, 3.8) is 0 Å². The summed E-state index contributed by atoms with van der Waals surface area (Å²) in [6.45, 7) is 3.11. The first-order chi connectivity index (χ1) is 18.5. The molecule has 0 radical (unpaired) electrons. The van der Waals surface area contributed by atoms with E-state index in [0.717, 1.165) is 47.0 Å². The van der Waals surface area contributed by atoms with Gasteiger partial charge in [-0.15, -0.1) is 0 Å². The van der Waals surface area contributed by atoms with Crippen LogP contribution in [0.4, 0.5) is 5.69 Å². The summed E-state index contributed by atoms with van der Waals surface area (Å²) in [4.78, 5) is 25.6. The van der Waals surface area contributed by atoms with Gasteiger partial charge in [0.15, 0.2) is 0 Å². The predicted molar refractivity (Wildman–Crippen MR) is 147 cm³/mol. The van der Waals surface area contributed by atoms with E-state index in [9.17, 15) is 13.2 Å². The molecule has 3 aromatic carbocycles. The van der Waals surface area contributed by atoms with Crippen molar-refractivity contribution in [2.75, 3.05) is 31.1 Å². The molecule has 0 aliphatic carbocycles. The highest BCUT2D eigenvalue weighted by Gasteiger charge is 2.30. The first-order valence-electron chi connectivity index (χ1n) is 13.1. The van der Waals surface area contributed by atoms with Crippen LogP contribution in [0.1, 0.15) is 40.9 Å². The standard InChI is InChI=1S/C29H31N5O3S/c35-29(27-10-6-8-22-7-2-3-9-26(22)27)33-16-15-32(20-24-18-30-21-31-24)28-12-11-25(17-23(28)19-33)38(36,37)34-13-4-1-5-14-34/h2-3,6-12,17-18,21H,1,4-5,13-16,19-20H2,(H,30,31). The Morgan fingerprint density at radius 3 is 2.55 bits per heavy atom. The van der Waals surface area contributed by atoms with Crippen LogP contribution in [0.3, 0.4) is 0 Å². The monoisotopic (exact) mass is 529 g/mol. The minimum atomic E-state index is -3.60. The smallest absolute Gasteiger partial charge is 0.254 e. The highest BCUT2D eigenvalue weighted by molar-refractivity contribution is 7.89. The third-order valence-corrected chi connectivity index (χ3v) is 9.46. The van der Waals surface area contributed by atoms with Crippen molar-refractivity contribution in [3.05, 3.63) is 90.0 Å². The third-order valence-electron chi connectivity index (χ3n) is 7.56. The molecule has 0 unspecified atom stereocenters. The van der Waals surface area contributed by atoms with Crippen molar-refractivity contribution in [1.29, 1.82) is 0 Å². The van der Waals surface area contributed by atoms with E-state index in [2.05, 4.69) is 14.9 Å². The molecule has 9 heteroatoms. The minimum Gasteiger partial charge on any atom is -0.364 e.